The van der Waals surface area contributed by atoms with Crippen molar-refractivity contribution >= 4 is 29.2 Å². The van der Waals surface area contributed by atoms with E-state index in [0.29, 0.717) is 12.8 Å². The van der Waals surface area contributed by atoms with Gasteiger partial charge in [0.2, 0.25) is 5.91 Å². The van der Waals surface area contributed by atoms with Gasteiger partial charge in [-0.1, -0.05) is 45.9 Å². The molecule has 1 amide bonds. The van der Waals surface area contributed by atoms with E-state index >= 15 is 0 Å². The monoisotopic (exact) mass is 337 g/mol. The van der Waals surface area contributed by atoms with Crippen LogP contribution in [0.5, 0.6) is 0 Å². The zero-order valence-corrected chi connectivity index (χ0v) is 14.9. The molecule has 5 heteroatoms. The van der Waals surface area contributed by atoms with Gasteiger partial charge in [0.25, 0.3) is 0 Å². The van der Waals surface area contributed by atoms with E-state index in [2.05, 4.69) is 0 Å². The summed E-state index contributed by atoms with van der Waals surface area (Å²) < 4.78 is 0. The smallest absolute Gasteiger partial charge is 0.330 e. The van der Waals surface area contributed by atoms with Crippen LogP contribution in [0.3, 0.4) is 0 Å². The normalized spacial score (nSPS) is 15.8. The third-order valence-corrected chi connectivity index (χ3v) is 4.71. The van der Waals surface area contributed by atoms with Gasteiger partial charge in [0.05, 0.1) is 5.69 Å². The molecule has 1 N–H and O–H groups in total. The number of halogens is 1. The second kappa shape index (κ2) is 6.52. The second-order valence-electron chi connectivity index (χ2n) is 6.79. The van der Waals surface area contributed by atoms with E-state index in [-0.39, 0.29) is 23.6 Å². The van der Waals surface area contributed by atoms with Gasteiger partial charge in [-0.2, -0.15) is 0 Å². The Labute approximate surface area is 142 Å². The summed E-state index contributed by atoms with van der Waals surface area (Å²) in [5, 5.41) is 9.70. The van der Waals surface area contributed by atoms with Crippen LogP contribution in [0.1, 0.15) is 63.5 Å². The highest BCUT2D eigenvalue weighted by atomic mass is 35.5. The molecular weight excluding hydrogens is 314 g/mol. The van der Waals surface area contributed by atoms with E-state index in [1.165, 1.54) is 4.90 Å². The highest BCUT2D eigenvalue weighted by Crippen LogP contribution is 2.48. The van der Waals surface area contributed by atoms with Gasteiger partial charge in [-0.3, -0.25) is 9.69 Å². The van der Waals surface area contributed by atoms with Crippen molar-refractivity contribution in [2.24, 2.45) is 0 Å². The minimum Gasteiger partial charge on any atom is -0.479 e. The maximum atomic E-state index is 12.6. The molecule has 23 heavy (non-hydrogen) atoms. The highest BCUT2D eigenvalue weighted by molar-refractivity contribution is 6.30. The molecule has 1 aromatic carbocycles. The average molecular weight is 338 g/mol. The number of benzene rings is 1. The molecule has 4 nitrogen and oxygen atoms in total. The number of para-hydroxylation sites is 1. The molecule has 1 aliphatic rings. The number of carboxylic acid groups (broad SMARTS) is 1. The molecule has 0 aromatic heterocycles. The van der Waals surface area contributed by atoms with Gasteiger partial charge in [0.1, 0.15) is 11.4 Å². The molecule has 1 aromatic rings. The predicted molar refractivity (Wildman–Crippen MR) is 92.4 cm³/mol. The van der Waals surface area contributed by atoms with Crippen LogP contribution in [0.15, 0.2) is 18.2 Å². The minimum absolute atomic E-state index is 0.180. The van der Waals surface area contributed by atoms with Crippen molar-refractivity contribution in [3.8, 4) is 0 Å². The van der Waals surface area contributed by atoms with Crippen molar-refractivity contribution in [3.05, 3.63) is 29.3 Å². The fourth-order valence-electron chi connectivity index (χ4n) is 3.06. The number of carbonyl (C=O) groups is 2. The molecular formula is C18H24ClNO3. The number of nitrogens with zero attached hydrogens (tertiary/aromatic N) is 1. The Hall–Kier alpha value is -1.55. The lowest BCUT2D eigenvalue weighted by Gasteiger charge is -2.34. The quantitative estimate of drug-likeness (QED) is 0.794. The molecule has 1 aliphatic carbocycles. The van der Waals surface area contributed by atoms with Crippen molar-refractivity contribution in [1.82, 2.24) is 0 Å². The molecule has 2 rings (SSSR count). The van der Waals surface area contributed by atoms with Gasteiger partial charge in [-0.05, 0) is 35.8 Å². The lowest BCUT2D eigenvalue weighted by molar-refractivity contribution is -0.141. The first-order chi connectivity index (χ1) is 10.8. The molecule has 0 aliphatic heterocycles. The minimum atomic E-state index is -1.14. The van der Waals surface area contributed by atoms with Gasteiger partial charge in [-0.25, -0.2) is 4.79 Å². The number of amides is 1. The summed E-state index contributed by atoms with van der Waals surface area (Å²) in [6.45, 7) is 8.19. The summed E-state index contributed by atoms with van der Waals surface area (Å²) in [5.74, 6) is -1.16. The van der Waals surface area contributed by atoms with Crippen LogP contribution < -0.4 is 4.90 Å². The SMILES string of the molecule is CC(C)c1cccc(C(C)C)c1N(C(=O)CCl)C1(C(=O)O)CC1. The summed E-state index contributed by atoms with van der Waals surface area (Å²) in [6.07, 6.45) is 0.934. The summed E-state index contributed by atoms with van der Waals surface area (Å²) in [7, 11) is 0. The van der Waals surface area contributed by atoms with Gasteiger partial charge in [0.15, 0.2) is 0 Å². The van der Waals surface area contributed by atoms with Gasteiger partial charge in [0, 0.05) is 0 Å². The summed E-state index contributed by atoms with van der Waals surface area (Å²) in [4.78, 5) is 25.9. The zero-order valence-electron chi connectivity index (χ0n) is 14.1. The second-order valence-corrected chi connectivity index (χ2v) is 7.06. The predicted octanol–water partition coefficient (Wildman–Crippen LogP) is 4.12. The largest absolute Gasteiger partial charge is 0.479 e. The van der Waals surface area contributed by atoms with Crippen LogP contribution in [0, 0.1) is 0 Å². The summed E-state index contributed by atoms with van der Waals surface area (Å²) in [5.41, 5.74) is 1.58. The van der Waals surface area contributed by atoms with E-state index in [9.17, 15) is 14.7 Å². The first-order valence-corrected chi connectivity index (χ1v) is 8.55. The lowest BCUT2D eigenvalue weighted by atomic mass is 9.91. The van der Waals surface area contributed by atoms with E-state index < -0.39 is 11.5 Å². The zero-order chi connectivity index (χ0) is 17.4. The highest BCUT2D eigenvalue weighted by Gasteiger charge is 2.58. The Balaban J connectivity index is 2.72. The topological polar surface area (TPSA) is 57.6 Å². The molecule has 0 unspecified atom stereocenters. The Bertz CT molecular complexity index is 594. The van der Waals surface area contributed by atoms with Crippen LogP contribution in [-0.4, -0.2) is 28.4 Å². The van der Waals surface area contributed by atoms with Crippen molar-refractivity contribution in [3.63, 3.8) is 0 Å². The van der Waals surface area contributed by atoms with Gasteiger partial charge < -0.3 is 5.11 Å². The molecule has 0 atom stereocenters. The molecule has 0 radical (unpaired) electrons. The fraction of sp³-hybridized carbons (Fsp3) is 0.556. The van der Waals surface area contributed by atoms with Crippen LogP contribution in [-0.2, 0) is 9.59 Å². The Morgan fingerprint density at radius 1 is 1.17 bits per heavy atom. The number of carbonyl (C=O) groups excluding carboxylic acids is 1. The molecule has 0 bridgehead atoms. The van der Waals surface area contributed by atoms with E-state index in [0.717, 1.165) is 16.8 Å². The lowest BCUT2D eigenvalue weighted by Crippen LogP contribution is -2.49. The van der Waals surface area contributed by atoms with Crippen molar-refractivity contribution in [2.75, 3.05) is 10.8 Å². The van der Waals surface area contributed by atoms with Crippen LogP contribution in [0.2, 0.25) is 0 Å². The van der Waals surface area contributed by atoms with Crippen molar-refractivity contribution in [1.29, 1.82) is 0 Å². The molecule has 0 spiro atoms. The number of hydrogen-bond acceptors (Lipinski definition) is 2. The molecule has 126 valence electrons. The van der Waals surface area contributed by atoms with Gasteiger partial charge >= 0.3 is 5.97 Å². The Morgan fingerprint density at radius 2 is 1.65 bits per heavy atom. The molecule has 1 saturated carbocycles. The Morgan fingerprint density at radius 3 is 1.96 bits per heavy atom. The summed E-state index contributed by atoms with van der Waals surface area (Å²) in [6, 6.07) is 5.91. The average Bonchev–Trinajstić information content (AvgIpc) is 3.28. The molecule has 0 saturated heterocycles. The van der Waals surface area contributed by atoms with Gasteiger partial charge in [-0.15, -0.1) is 11.6 Å². The molecule has 1 fully saturated rings. The van der Waals surface area contributed by atoms with Crippen LogP contribution in [0.4, 0.5) is 5.69 Å². The standard InChI is InChI=1S/C18H24ClNO3/c1-11(2)13-6-5-7-14(12(3)4)16(13)20(15(21)10-19)18(8-9-18)17(22)23/h5-7,11-12H,8-10H2,1-4H3,(H,22,23). The number of anilines is 1. The third kappa shape index (κ3) is 3.09. The Kier molecular flexibility index (Phi) is 5.04. The number of hydrogen-bond donors (Lipinski definition) is 1. The van der Waals surface area contributed by atoms with Crippen LogP contribution in [0.25, 0.3) is 0 Å². The van der Waals surface area contributed by atoms with Crippen molar-refractivity contribution < 1.29 is 14.7 Å². The number of rotatable bonds is 6. The fourth-order valence-corrected chi connectivity index (χ4v) is 3.18. The maximum Gasteiger partial charge on any atom is 0.330 e. The van der Waals surface area contributed by atoms with E-state index in [1.807, 2.05) is 45.9 Å². The number of carboxylic acids is 1. The third-order valence-electron chi connectivity index (χ3n) is 4.48. The van der Waals surface area contributed by atoms with Crippen molar-refractivity contribution in [2.45, 2.75) is 57.9 Å². The van der Waals surface area contributed by atoms with E-state index in [4.69, 9.17) is 11.6 Å². The number of aliphatic carboxylic acids is 1. The first kappa shape index (κ1) is 17.8. The summed E-state index contributed by atoms with van der Waals surface area (Å²) >= 11 is 5.81. The molecule has 0 heterocycles. The van der Waals surface area contributed by atoms with E-state index in [1.54, 1.807) is 0 Å². The first-order valence-electron chi connectivity index (χ1n) is 8.01. The van der Waals surface area contributed by atoms with Crippen LogP contribution >= 0.6 is 11.6 Å². The number of alkyl halides is 1. The maximum absolute atomic E-state index is 12.6.